The van der Waals surface area contributed by atoms with Gasteiger partial charge in [-0.3, -0.25) is 9.69 Å². The molecule has 2 rings (SSSR count). The molecule has 1 aromatic rings. The zero-order valence-electron chi connectivity index (χ0n) is 13.7. The molecule has 3 amide bonds. The fourth-order valence-corrected chi connectivity index (χ4v) is 2.02. The number of nitrogens with zero attached hydrogens (tertiary/aromatic N) is 1. The predicted octanol–water partition coefficient (Wildman–Crippen LogP) is 3.74. The van der Waals surface area contributed by atoms with E-state index >= 15 is 0 Å². The zero-order valence-corrected chi connectivity index (χ0v) is 13.7. The number of rotatable bonds is 3. The van der Waals surface area contributed by atoms with Crippen molar-refractivity contribution in [2.45, 2.75) is 59.5 Å². The van der Waals surface area contributed by atoms with Gasteiger partial charge in [0.15, 0.2) is 0 Å². The summed E-state index contributed by atoms with van der Waals surface area (Å²) in [5, 5.41) is 2.67. The maximum Gasteiger partial charge on any atom is 0.325 e. The summed E-state index contributed by atoms with van der Waals surface area (Å²) in [4.78, 5) is 25.0. The third-order valence-corrected chi connectivity index (χ3v) is 3.22. The molecule has 1 N–H and O–H groups in total. The minimum absolute atomic E-state index is 0. The van der Waals surface area contributed by atoms with E-state index in [-0.39, 0.29) is 13.4 Å². The zero-order chi connectivity index (χ0) is 16.0. The largest absolute Gasteiger partial charge is 0.325 e. The molecule has 1 saturated heterocycles. The Morgan fingerprint density at radius 2 is 1.52 bits per heavy atom. The van der Waals surface area contributed by atoms with Gasteiger partial charge in [-0.15, -0.1) is 0 Å². The third kappa shape index (κ3) is 4.31. The van der Waals surface area contributed by atoms with Crippen LogP contribution in [0.4, 0.5) is 4.79 Å². The van der Waals surface area contributed by atoms with Crippen molar-refractivity contribution in [3.8, 4) is 0 Å². The smallest absolute Gasteiger partial charge is 0.324 e. The van der Waals surface area contributed by atoms with E-state index in [0.717, 1.165) is 12.0 Å². The molecular formula is C17H28N2O2. The quantitative estimate of drug-likeness (QED) is 0.863. The molecule has 21 heavy (non-hydrogen) atoms. The number of amides is 3. The molecular weight excluding hydrogens is 264 g/mol. The highest BCUT2D eigenvalue weighted by atomic mass is 16.2. The second kappa shape index (κ2) is 7.25. The first-order chi connectivity index (χ1) is 9.85. The summed E-state index contributed by atoms with van der Waals surface area (Å²) in [5.41, 5.74) is 1.42. The van der Waals surface area contributed by atoms with Crippen LogP contribution in [0.2, 0.25) is 0 Å². The summed E-state index contributed by atoms with van der Waals surface area (Å²) in [6.45, 7) is 10.1. The molecule has 1 heterocycles. The second-order valence-electron chi connectivity index (χ2n) is 5.82. The van der Waals surface area contributed by atoms with Gasteiger partial charge < -0.3 is 5.32 Å². The van der Waals surface area contributed by atoms with Crippen LogP contribution < -0.4 is 5.32 Å². The molecule has 4 heteroatoms. The lowest BCUT2D eigenvalue weighted by molar-refractivity contribution is -0.130. The van der Waals surface area contributed by atoms with Crippen LogP contribution in [0.25, 0.3) is 0 Å². The molecule has 1 aromatic carbocycles. The van der Waals surface area contributed by atoms with Crippen molar-refractivity contribution in [3.63, 3.8) is 0 Å². The average Bonchev–Trinajstić information content (AvgIpc) is 2.63. The molecule has 1 aliphatic heterocycles. The van der Waals surface area contributed by atoms with Crippen LogP contribution >= 0.6 is 0 Å². The molecule has 0 bridgehead atoms. The lowest BCUT2D eigenvalue weighted by Gasteiger charge is -2.16. The van der Waals surface area contributed by atoms with Gasteiger partial charge in [-0.25, -0.2) is 4.79 Å². The first-order valence-corrected chi connectivity index (χ1v) is 7.57. The van der Waals surface area contributed by atoms with Gasteiger partial charge in [-0.1, -0.05) is 51.5 Å². The molecule has 4 nitrogen and oxygen atoms in total. The number of carbonyl (C=O) groups is 2. The molecule has 0 aromatic heterocycles. The molecule has 0 spiro atoms. The maximum absolute atomic E-state index is 12.0. The van der Waals surface area contributed by atoms with Crippen molar-refractivity contribution < 1.29 is 11.0 Å². The van der Waals surface area contributed by atoms with Gasteiger partial charge in [0.1, 0.15) is 5.54 Å². The monoisotopic (exact) mass is 292 g/mol. The normalized spacial score (nSPS) is 16.3. The van der Waals surface area contributed by atoms with Crippen LogP contribution in [0.1, 0.15) is 53.6 Å². The Bertz CT molecular complexity index is 498. The minimum Gasteiger partial charge on any atom is -0.324 e. The van der Waals surface area contributed by atoms with Gasteiger partial charge >= 0.3 is 6.03 Å². The van der Waals surface area contributed by atoms with Crippen molar-refractivity contribution in [2.75, 3.05) is 0 Å². The summed E-state index contributed by atoms with van der Waals surface area (Å²) >= 11 is 0. The second-order valence-corrected chi connectivity index (χ2v) is 5.82. The van der Waals surface area contributed by atoms with Crippen LogP contribution in [-0.2, 0) is 17.8 Å². The Hall–Kier alpha value is -1.84. The fraction of sp³-hybridized carbons (Fsp3) is 0.529. The van der Waals surface area contributed by atoms with Gasteiger partial charge in [-0.2, -0.15) is 0 Å². The van der Waals surface area contributed by atoms with E-state index in [1.54, 1.807) is 13.8 Å². The number of hydrogen-bond donors (Lipinski definition) is 1. The van der Waals surface area contributed by atoms with Gasteiger partial charge in [0.2, 0.25) is 0 Å². The van der Waals surface area contributed by atoms with E-state index in [1.807, 2.05) is 24.3 Å². The van der Waals surface area contributed by atoms with Crippen LogP contribution in [0.15, 0.2) is 24.3 Å². The fourth-order valence-electron chi connectivity index (χ4n) is 2.02. The lowest BCUT2D eigenvalue weighted by atomic mass is 10.1. The van der Waals surface area contributed by atoms with Crippen molar-refractivity contribution in [1.29, 1.82) is 0 Å². The molecule has 0 saturated carbocycles. The molecule has 1 aliphatic rings. The highest BCUT2D eigenvalue weighted by Crippen LogP contribution is 2.19. The molecule has 1 fully saturated rings. The SMILES string of the molecule is CCC.CCc1ccc(CN2C(=O)NC(C)(C)C2=O)cc1.[HH]. The highest BCUT2D eigenvalue weighted by molar-refractivity contribution is 6.06. The van der Waals surface area contributed by atoms with E-state index < -0.39 is 5.54 Å². The number of benzene rings is 1. The molecule has 0 aliphatic carbocycles. The summed E-state index contributed by atoms with van der Waals surface area (Å²) < 4.78 is 0. The number of hydrogen-bond acceptors (Lipinski definition) is 2. The number of imide groups is 1. The first kappa shape index (κ1) is 17.2. The Balaban J connectivity index is 0.00000102. The standard InChI is InChI=1S/C14H18N2O2.C3H8.H2/c1-4-10-5-7-11(8-6-10)9-16-12(17)14(2,3)15-13(16)18;1-3-2;/h5-8H,4,9H2,1-3H3,(H,15,18);3H2,1-2H3;1H. The van der Waals surface area contributed by atoms with E-state index in [9.17, 15) is 9.59 Å². The molecule has 0 radical (unpaired) electrons. The van der Waals surface area contributed by atoms with Gasteiger partial charge in [0, 0.05) is 1.43 Å². The predicted molar refractivity (Wildman–Crippen MR) is 87.1 cm³/mol. The summed E-state index contributed by atoms with van der Waals surface area (Å²) in [6, 6.07) is 7.66. The lowest BCUT2D eigenvalue weighted by Crippen LogP contribution is -2.40. The third-order valence-electron chi connectivity index (χ3n) is 3.22. The Morgan fingerprint density at radius 3 is 1.90 bits per heavy atom. The molecule has 0 atom stereocenters. The summed E-state index contributed by atoms with van der Waals surface area (Å²) in [5.74, 6) is -0.174. The van der Waals surface area contributed by atoms with E-state index in [1.165, 1.54) is 16.9 Å². The van der Waals surface area contributed by atoms with Crippen LogP contribution in [-0.4, -0.2) is 22.4 Å². The van der Waals surface area contributed by atoms with Gasteiger partial charge in [0.25, 0.3) is 5.91 Å². The van der Waals surface area contributed by atoms with Crippen molar-refractivity contribution in [2.24, 2.45) is 0 Å². The van der Waals surface area contributed by atoms with E-state index in [4.69, 9.17) is 0 Å². The summed E-state index contributed by atoms with van der Waals surface area (Å²) in [6.07, 6.45) is 2.23. The van der Waals surface area contributed by atoms with Crippen molar-refractivity contribution in [1.82, 2.24) is 10.2 Å². The number of carbonyl (C=O) groups excluding carboxylic acids is 2. The van der Waals surface area contributed by atoms with Crippen molar-refractivity contribution >= 4 is 11.9 Å². The van der Waals surface area contributed by atoms with Gasteiger partial charge in [-0.05, 0) is 31.4 Å². The Labute approximate surface area is 129 Å². The van der Waals surface area contributed by atoms with E-state index in [2.05, 4.69) is 26.1 Å². The Kier molecular flexibility index (Phi) is 5.94. The molecule has 0 unspecified atom stereocenters. The number of urea groups is 1. The average molecular weight is 292 g/mol. The first-order valence-electron chi connectivity index (χ1n) is 7.57. The van der Waals surface area contributed by atoms with Crippen LogP contribution in [0, 0.1) is 0 Å². The number of aryl methyl sites for hydroxylation is 1. The minimum atomic E-state index is -0.791. The van der Waals surface area contributed by atoms with Gasteiger partial charge in [0.05, 0.1) is 6.54 Å². The topological polar surface area (TPSA) is 49.4 Å². The van der Waals surface area contributed by atoms with Crippen LogP contribution in [0.5, 0.6) is 0 Å². The number of nitrogens with one attached hydrogen (secondary N) is 1. The highest BCUT2D eigenvalue weighted by Gasteiger charge is 2.43. The van der Waals surface area contributed by atoms with Crippen LogP contribution in [0.3, 0.4) is 0 Å². The summed E-state index contributed by atoms with van der Waals surface area (Å²) in [7, 11) is 0. The molecule has 118 valence electrons. The maximum atomic E-state index is 12.0. The Morgan fingerprint density at radius 1 is 1.05 bits per heavy atom. The van der Waals surface area contributed by atoms with E-state index in [0.29, 0.717) is 6.54 Å². The van der Waals surface area contributed by atoms with Crippen molar-refractivity contribution in [3.05, 3.63) is 35.4 Å².